The van der Waals surface area contributed by atoms with Crippen LogP contribution in [0.25, 0.3) is 10.9 Å². The first kappa shape index (κ1) is 20.7. The Morgan fingerprint density at radius 3 is 2.87 bits per heavy atom. The molecule has 1 saturated heterocycles. The van der Waals surface area contributed by atoms with Crippen LogP contribution in [-0.4, -0.2) is 36.2 Å². The van der Waals surface area contributed by atoms with Crippen molar-refractivity contribution < 1.29 is 18.3 Å². The van der Waals surface area contributed by atoms with Crippen molar-refractivity contribution in [2.45, 2.75) is 25.7 Å². The average molecular weight is 422 g/mol. The second kappa shape index (κ2) is 8.66. The lowest BCUT2D eigenvalue weighted by molar-refractivity contribution is -0.137. The molecule has 1 aliphatic rings. The molecule has 158 valence electrons. The van der Waals surface area contributed by atoms with Crippen LogP contribution in [0.3, 0.4) is 0 Å². The number of amides is 1. The number of ether oxygens (including phenoxy) is 1. The van der Waals surface area contributed by atoms with Gasteiger partial charge in [-0.3, -0.25) is 9.78 Å². The van der Waals surface area contributed by atoms with E-state index in [1.54, 1.807) is 12.3 Å². The smallest absolute Gasteiger partial charge is 0.251 e. The molecule has 1 aliphatic heterocycles. The first-order valence-electron chi connectivity index (χ1n) is 9.86. The molecule has 3 aromatic rings. The van der Waals surface area contributed by atoms with Gasteiger partial charge in [-0.1, -0.05) is 6.07 Å². The normalized spacial score (nSPS) is 18.6. The SMILES string of the molecule is C[C@@H]1CN(c2ccc(C#N)c3ncccc23)C[C@H](C(=O)NCc2ccc(F)c(F)c2)O1. The molecule has 2 aromatic carbocycles. The van der Waals surface area contributed by atoms with Gasteiger partial charge in [-0.15, -0.1) is 0 Å². The van der Waals surface area contributed by atoms with E-state index in [0.717, 1.165) is 23.2 Å². The molecule has 0 bridgehead atoms. The third-order valence-corrected chi connectivity index (χ3v) is 5.21. The number of hydrogen-bond donors (Lipinski definition) is 1. The second-order valence-electron chi connectivity index (χ2n) is 7.45. The molecule has 1 fully saturated rings. The molecule has 0 radical (unpaired) electrons. The fourth-order valence-corrected chi connectivity index (χ4v) is 3.77. The predicted molar refractivity (Wildman–Crippen MR) is 111 cm³/mol. The minimum Gasteiger partial charge on any atom is -0.365 e. The van der Waals surface area contributed by atoms with Gasteiger partial charge in [-0.05, 0) is 48.9 Å². The van der Waals surface area contributed by atoms with E-state index < -0.39 is 17.7 Å². The molecular weight excluding hydrogens is 402 g/mol. The highest BCUT2D eigenvalue weighted by Crippen LogP contribution is 2.30. The Balaban J connectivity index is 1.52. The maximum Gasteiger partial charge on any atom is 0.251 e. The van der Waals surface area contributed by atoms with Crippen molar-refractivity contribution in [3.05, 3.63) is 71.4 Å². The van der Waals surface area contributed by atoms with Crippen molar-refractivity contribution in [1.82, 2.24) is 10.3 Å². The van der Waals surface area contributed by atoms with Gasteiger partial charge in [0.15, 0.2) is 17.7 Å². The summed E-state index contributed by atoms with van der Waals surface area (Å²) in [6.45, 7) is 2.83. The molecule has 1 aromatic heterocycles. The molecule has 31 heavy (non-hydrogen) atoms. The van der Waals surface area contributed by atoms with Crippen molar-refractivity contribution in [1.29, 1.82) is 5.26 Å². The highest BCUT2D eigenvalue weighted by molar-refractivity contribution is 5.95. The fourth-order valence-electron chi connectivity index (χ4n) is 3.77. The van der Waals surface area contributed by atoms with Crippen LogP contribution >= 0.6 is 0 Å². The average Bonchev–Trinajstić information content (AvgIpc) is 2.78. The number of aromatic nitrogens is 1. The standard InChI is InChI=1S/C23H20F2N4O2/c1-14-12-29(20-7-5-16(10-26)22-17(20)3-2-8-27-22)13-21(31-14)23(30)28-11-15-4-6-18(24)19(25)9-15/h2-9,14,21H,11-13H2,1H3,(H,28,30)/t14-,21-/m1/s1. The summed E-state index contributed by atoms with van der Waals surface area (Å²) in [6, 6.07) is 13.0. The zero-order chi connectivity index (χ0) is 22.0. The number of pyridine rings is 1. The lowest BCUT2D eigenvalue weighted by atomic mass is 10.1. The Bertz CT molecular complexity index is 1180. The molecule has 4 rings (SSSR count). The zero-order valence-corrected chi connectivity index (χ0v) is 16.8. The quantitative estimate of drug-likeness (QED) is 0.698. The summed E-state index contributed by atoms with van der Waals surface area (Å²) < 4.78 is 32.3. The van der Waals surface area contributed by atoms with Gasteiger partial charge >= 0.3 is 0 Å². The highest BCUT2D eigenvalue weighted by atomic mass is 19.2. The van der Waals surface area contributed by atoms with Gasteiger partial charge in [0.2, 0.25) is 0 Å². The van der Waals surface area contributed by atoms with Crippen molar-refractivity contribution in [2.24, 2.45) is 0 Å². The minimum atomic E-state index is -0.957. The molecule has 2 heterocycles. The van der Waals surface area contributed by atoms with E-state index in [4.69, 9.17) is 4.74 Å². The van der Waals surface area contributed by atoms with Gasteiger partial charge in [-0.25, -0.2) is 8.78 Å². The summed E-state index contributed by atoms with van der Waals surface area (Å²) in [5, 5.41) is 12.9. The van der Waals surface area contributed by atoms with Crippen LogP contribution in [0.1, 0.15) is 18.1 Å². The minimum absolute atomic E-state index is 0.0635. The number of rotatable bonds is 4. The predicted octanol–water partition coefficient (Wildman–Crippen LogP) is 3.29. The lowest BCUT2D eigenvalue weighted by Crippen LogP contribution is -2.52. The summed E-state index contributed by atoms with van der Waals surface area (Å²) in [7, 11) is 0. The van der Waals surface area contributed by atoms with E-state index >= 15 is 0 Å². The number of carbonyl (C=O) groups is 1. The number of carbonyl (C=O) groups excluding carboxylic acids is 1. The van der Waals surface area contributed by atoms with E-state index in [-0.39, 0.29) is 18.6 Å². The maximum absolute atomic E-state index is 13.4. The van der Waals surface area contributed by atoms with Gasteiger partial charge in [0.05, 0.1) is 23.7 Å². The molecule has 8 heteroatoms. The molecular formula is C23H20F2N4O2. The summed E-state index contributed by atoms with van der Waals surface area (Å²) in [4.78, 5) is 19.1. The van der Waals surface area contributed by atoms with Crippen molar-refractivity contribution in [3.63, 3.8) is 0 Å². The Morgan fingerprint density at radius 2 is 2.10 bits per heavy atom. The lowest BCUT2D eigenvalue weighted by Gasteiger charge is -2.38. The molecule has 2 atom stereocenters. The van der Waals surface area contributed by atoms with E-state index in [2.05, 4.69) is 16.4 Å². The maximum atomic E-state index is 13.4. The van der Waals surface area contributed by atoms with E-state index in [1.807, 2.05) is 30.0 Å². The summed E-state index contributed by atoms with van der Waals surface area (Å²) in [6.07, 6.45) is 0.690. The second-order valence-corrected chi connectivity index (χ2v) is 7.45. The largest absolute Gasteiger partial charge is 0.365 e. The Hall–Kier alpha value is -3.57. The number of hydrogen-bond acceptors (Lipinski definition) is 5. The van der Waals surface area contributed by atoms with Crippen LogP contribution in [0.2, 0.25) is 0 Å². The molecule has 1 N–H and O–H groups in total. The molecule has 0 aliphatic carbocycles. The van der Waals surface area contributed by atoms with E-state index in [9.17, 15) is 18.8 Å². The third kappa shape index (κ3) is 4.32. The van der Waals surface area contributed by atoms with Crippen molar-refractivity contribution in [2.75, 3.05) is 18.0 Å². The van der Waals surface area contributed by atoms with Gasteiger partial charge in [0, 0.05) is 30.4 Å². The molecule has 0 spiro atoms. The number of nitrogens with one attached hydrogen (secondary N) is 1. The molecule has 0 unspecified atom stereocenters. The van der Waals surface area contributed by atoms with Crippen LogP contribution in [0.4, 0.5) is 14.5 Å². The fraction of sp³-hybridized carbons (Fsp3) is 0.261. The summed E-state index contributed by atoms with van der Waals surface area (Å²) >= 11 is 0. The van der Waals surface area contributed by atoms with Crippen LogP contribution in [0.5, 0.6) is 0 Å². The molecule has 6 nitrogen and oxygen atoms in total. The van der Waals surface area contributed by atoms with Crippen LogP contribution in [-0.2, 0) is 16.1 Å². The van der Waals surface area contributed by atoms with Gasteiger partial charge < -0.3 is 15.0 Å². The van der Waals surface area contributed by atoms with Gasteiger partial charge in [0.25, 0.3) is 5.91 Å². The van der Waals surface area contributed by atoms with Crippen LogP contribution in [0.15, 0.2) is 48.7 Å². The number of fused-ring (bicyclic) bond motifs is 1. The summed E-state index contributed by atoms with van der Waals surface area (Å²) in [5.41, 5.74) is 2.43. The van der Waals surface area contributed by atoms with E-state index in [0.29, 0.717) is 29.7 Å². The Morgan fingerprint density at radius 1 is 1.26 bits per heavy atom. The first-order valence-corrected chi connectivity index (χ1v) is 9.86. The summed E-state index contributed by atoms with van der Waals surface area (Å²) in [5.74, 6) is -2.22. The topological polar surface area (TPSA) is 78.2 Å². The number of benzene rings is 2. The molecule has 1 amide bonds. The molecule has 0 saturated carbocycles. The monoisotopic (exact) mass is 422 g/mol. The number of nitrogens with zero attached hydrogens (tertiary/aromatic N) is 3. The van der Waals surface area contributed by atoms with Crippen LogP contribution in [0, 0.1) is 23.0 Å². The Kier molecular flexibility index (Phi) is 5.78. The highest BCUT2D eigenvalue weighted by Gasteiger charge is 2.31. The number of anilines is 1. The number of nitriles is 1. The van der Waals surface area contributed by atoms with Gasteiger partial charge in [0.1, 0.15) is 6.07 Å². The van der Waals surface area contributed by atoms with Gasteiger partial charge in [-0.2, -0.15) is 5.26 Å². The number of halogens is 2. The third-order valence-electron chi connectivity index (χ3n) is 5.21. The van der Waals surface area contributed by atoms with Crippen molar-refractivity contribution >= 4 is 22.5 Å². The zero-order valence-electron chi connectivity index (χ0n) is 16.8. The number of morpholine rings is 1. The van der Waals surface area contributed by atoms with Crippen molar-refractivity contribution in [3.8, 4) is 6.07 Å². The first-order chi connectivity index (χ1) is 15.0. The van der Waals surface area contributed by atoms with Crippen LogP contribution < -0.4 is 10.2 Å². The Labute approximate surface area is 178 Å². The van der Waals surface area contributed by atoms with E-state index in [1.165, 1.54) is 6.07 Å².